The Labute approximate surface area is 88.4 Å². The van der Waals surface area contributed by atoms with Gasteiger partial charge in [-0.2, -0.15) is 8.42 Å². The molecular formula is C8H9O5S2. The third kappa shape index (κ3) is 2.55. The van der Waals surface area contributed by atoms with Gasteiger partial charge in [-0.05, 0) is 6.07 Å². The van der Waals surface area contributed by atoms with Crippen LogP contribution in [0.3, 0.4) is 0 Å². The zero-order valence-corrected chi connectivity index (χ0v) is 9.47. The molecule has 1 radical (unpaired) electrons. The SMILES string of the molecule is CCS(=O)(=O)c1ccc[c]c1S(=O)(=O)O. The number of benzene rings is 1. The van der Waals surface area contributed by atoms with Gasteiger partial charge < -0.3 is 0 Å². The predicted molar refractivity (Wildman–Crippen MR) is 52.8 cm³/mol. The molecule has 0 heterocycles. The first-order valence-corrected chi connectivity index (χ1v) is 7.09. The second kappa shape index (κ2) is 3.92. The predicted octanol–water partition coefficient (Wildman–Crippen LogP) is 0.527. The Kier molecular flexibility index (Phi) is 3.17. The normalized spacial score (nSPS) is 12.7. The van der Waals surface area contributed by atoms with E-state index >= 15 is 0 Å². The maximum atomic E-state index is 11.5. The van der Waals surface area contributed by atoms with Gasteiger partial charge in [-0.15, -0.1) is 0 Å². The molecule has 1 aromatic rings. The van der Waals surface area contributed by atoms with Crippen LogP contribution in [0.5, 0.6) is 0 Å². The Morgan fingerprint density at radius 1 is 1.33 bits per heavy atom. The highest BCUT2D eigenvalue weighted by Crippen LogP contribution is 2.20. The minimum absolute atomic E-state index is 0.243. The summed E-state index contributed by atoms with van der Waals surface area (Å²) < 4.78 is 53.5. The van der Waals surface area contributed by atoms with Gasteiger partial charge in [0.1, 0.15) is 4.90 Å². The molecule has 5 nitrogen and oxygen atoms in total. The third-order valence-electron chi connectivity index (χ3n) is 1.76. The van der Waals surface area contributed by atoms with Crippen LogP contribution >= 0.6 is 0 Å². The molecule has 7 heteroatoms. The fourth-order valence-corrected chi connectivity index (χ4v) is 3.18. The molecule has 15 heavy (non-hydrogen) atoms. The molecule has 0 aliphatic rings. The molecule has 0 amide bonds. The van der Waals surface area contributed by atoms with Crippen molar-refractivity contribution < 1.29 is 21.4 Å². The van der Waals surface area contributed by atoms with Gasteiger partial charge >= 0.3 is 0 Å². The van der Waals surface area contributed by atoms with E-state index in [0.717, 1.165) is 6.07 Å². The maximum Gasteiger partial charge on any atom is 0.296 e. The summed E-state index contributed by atoms with van der Waals surface area (Å²) in [6.45, 7) is 1.39. The summed E-state index contributed by atoms with van der Waals surface area (Å²) in [4.78, 5) is -1.12. The molecule has 0 aliphatic heterocycles. The topological polar surface area (TPSA) is 88.5 Å². The van der Waals surface area contributed by atoms with E-state index < -0.39 is 29.7 Å². The van der Waals surface area contributed by atoms with E-state index in [-0.39, 0.29) is 5.75 Å². The van der Waals surface area contributed by atoms with Crippen LogP contribution in [0.15, 0.2) is 28.0 Å². The van der Waals surface area contributed by atoms with Crippen molar-refractivity contribution in [3.63, 3.8) is 0 Å². The van der Waals surface area contributed by atoms with E-state index in [1.807, 2.05) is 0 Å². The molecule has 83 valence electrons. The molecule has 0 aliphatic carbocycles. The van der Waals surface area contributed by atoms with E-state index in [1.54, 1.807) is 0 Å². The van der Waals surface area contributed by atoms with Gasteiger partial charge in [0.15, 0.2) is 9.84 Å². The van der Waals surface area contributed by atoms with Crippen molar-refractivity contribution in [3.05, 3.63) is 24.3 Å². The van der Waals surface area contributed by atoms with E-state index in [0.29, 0.717) is 0 Å². The fraction of sp³-hybridized carbons (Fsp3) is 0.250. The molecule has 0 saturated carbocycles. The summed E-state index contributed by atoms with van der Waals surface area (Å²) in [5.41, 5.74) is 0. The maximum absolute atomic E-state index is 11.5. The van der Waals surface area contributed by atoms with Crippen LogP contribution in [-0.4, -0.2) is 27.1 Å². The minimum atomic E-state index is -4.56. The van der Waals surface area contributed by atoms with Gasteiger partial charge in [0, 0.05) is 6.07 Å². The van der Waals surface area contributed by atoms with Gasteiger partial charge in [0.05, 0.1) is 10.6 Å². The average Bonchev–Trinajstić information content (AvgIpc) is 2.16. The van der Waals surface area contributed by atoms with Crippen molar-refractivity contribution in [1.82, 2.24) is 0 Å². The Morgan fingerprint density at radius 2 is 1.93 bits per heavy atom. The molecule has 0 bridgehead atoms. The van der Waals surface area contributed by atoms with Crippen LogP contribution in [0.25, 0.3) is 0 Å². The molecule has 1 rings (SSSR count). The molecule has 0 spiro atoms. The van der Waals surface area contributed by atoms with Gasteiger partial charge in [0.25, 0.3) is 10.1 Å². The highest BCUT2D eigenvalue weighted by atomic mass is 32.2. The summed E-state index contributed by atoms with van der Waals surface area (Å²) >= 11 is 0. The van der Waals surface area contributed by atoms with Gasteiger partial charge in [0.2, 0.25) is 0 Å². The molecule has 0 aromatic heterocycles. The Hall–Kier alpha value is -0.920. The molecular weight excluding hydrogens is 240 g/mol. The van der Waals surface area contributed by atoms with Crippen molar-refractivity contribution in [2.45, 2.75) is 16.7 Å². The first-order valence-electron chi connectivity index (χ1n) is 4.00. The van der Waals surface area contributed by atoms with E-state index in [4.69, 9.17) is 4.55 Å². The Morgan fingerprint density at radius 3 is 2.40 bits per heavy atom. The zero-order chi connectivity index (χ0) is 11.7. The van der Waals surface area contributed by atoms with E-state index in [1.165, 1.54) is 19.1 Å². The highest BCUT2D eigenvalue weighted by molar-refractivity contribution is 7.92. The highest BCUT2D eigenvalue weighted by Gasteiger charge is 2.23. The first-order chi connectivity index (χ1) is 6.79. The minimum Gasteiger partial charge on any atom is -0.282 e. The fourth-order valence-electron chi connectivity index (χ4n) is 1.01. The molecule has 0 unspecified atom stereocenters. The number of sulfone groups is 1. The standard InChI is InChI=1S/C8H9O5S2/c1-2-14(9,10)7-5-3-4-6-8(7)15(11,12)13/h3-5H,2H2,1H3,(H,11,12,13). The third-order valence-corrected chi connectivity index (χ3v) is 4.51. The molecule has 0 saturated heterocycles. The molecule has 0 fully saturated rings. The van der Waals surface area contributed by atoms with Gasteiger partial charge in [-0.3, -0.25) is 4.55 Å². The van der Waals surface area contributed by atoms with Crippen LogP contribution in [-0.2, 0) is 20.0 Å². The van der Waals surface area contributed by atoms with Crippen molar-refractivity contribution in [1.29, 1.82) is 0 Å². The summed E-state index contributed by atoms with van der Waals surface area (Å²) in [6, 6.07) is 5.89. The van der Waals surface area contributed by atoms with Crippen molar-refractivity contribution in [3.8, 4) is 0 Å². The number of hydrogen-bond donors (Lipinski definition) is 1. The summed E-state index contributed by atoms with van der Waals surface area (Å²) in [5, 5.41) is 0. The largest absolute Gasteiger partial charge is 0.296 e. The van der Waals surface area contributed by atoms with Crippen LogP contribution in [0, 0.1) is 6.07 Å². The lowest BCUT2D eigenvalue weighted by Crippen LogP contribution is -2.10. The van der Waals surface area contributed by atoms with E-state index in [9.17, 15) is 16.8 Å². The zero-order valence-electron chi connectivity index (χ0n) is 7.84. The van der Waals surface area contributed by atoms with Crippen LogP contribution in [0.1, 0.15) is 6.92 Å². The molecule has 1 N–H and O–H groups in total. The number of hydrogen-bond acceptors (Lipinski definition) is 4. The second-order valence-corrected chi connectivity index (χ2v) is 6.35. The Balaban J connectivity index is 3.59. The second-order valence-electron chi connectivity index (χ2n) is 2.74. The van der Waals surface area contributed by atoms with Crippen LogP contribution in [0.2, 0.25) is 0 Å². The Bertz CT molecular complexity index is 556. The van der Waals surface area contributed by atoms with E-state index in [2.05, 4.69) is 6.07 Å². The number of rotatable bonds is 3. The van der Waals surface area contributed by atoms with Gasteiger partial charge in [-0.25, -0.2) is 8.42 Å². The average molecular weight is 249 g/mol. The lowest BCUT2D eigenvalue weighted by Gasteiger charge is -2.05. The van der Waals surface area contributed by atoms with Crippen LogP contribution < -0.4 is 0 Å². The quantitative estimate of drug-likeness (QED) is 0.789. The molecule has 0 atom stereocenters. The summed E-state index contributed by atoms with van der Waals surface area (Å²) in [6.07, 6.45) is 0. The van der Waals surface area contributed by atoms with Crippen molar-refractivity contribution >= 4 is 20.0 Å². The monoisotopic (exact) mass is 249 g/mol. The van der Waals surface area contributed by atoms with Gasteiger partial charge in [-0.1, -0.05) is 19.1 Å². The van der Waals surface area contributed by atoms with Crippen LogP contribution in [0.4, 0.5) is 0 Å². The summed E-state index contributed by atoms with van der Waals surface area (Å²) in [7, 11) is -8.24. The summed E-state index contributed by atoms with van der Waals surface area (Å²) in [5.74, 6) is -0.243. The lowest BCUT2D eigenvalue weighted by molar-refractivity contribution is 0.479. The van der Waals surface area contributed by atoms with Crippen molar-refractivity contribution in [2.75, 3.05) is 5.75 Å². The molecule has 1 aromatic carbocycles. The van der Waals surface area contributed by atoms with Crippen molar-refractivity contribution in [2.24, 2.45) is 0 Å². The lowest BCUT2D eigenvalue weighted by atomic mass is 10.4. The first kappa shape index (κ1) is 12.2. The smallest absolute Gasteiger partial charge is 0.282 e.